The molecular weight excluding hydrogens is 362 g/mol. The Hall–Kier alpha value is -1.86. The molecule has 1 aliphatic carbocycles. The van der Waals surface area contributed by atoms with E-state index in [0.29, 0.717) is 5.92 Å². The molecule has 0 unspecified atom stereocenters. The van der Waals surface area contributed by atoms with Crippen molar-refractivity contribution in [1.82, 2.24) is 14.7 Å². The molecule has 2 N–H and O–H groups in total. The summed E-state index contributed by atoms with van der Waals surface area (Å²) in [5, 5.41) is 0. The molecule has 1 aliphatic rings. The van der Waals surface area contributed by atoms with E-state index < -0.39 is 14.8 Å². The minimum atomic E-state index is -3.30. The molecule has 1 aromatic carbocycles. The lowest BCUT2D eigenvalue weighted by atomic mass is 9.86. The number of rotatable bonds is 5. The molecule has 0 spiro atoms. The Morgan fingerprint density at radius 3 is 2.52 bits per heavy atom. The highest BCUT2D eigenvalue weighted by Crippen LogP contribution is 2.33. The summed E-state index contributed by atoms with van der Waals surface area (Å²) in [5.41, 5.74) is 2.01. The lowest BCUT2D eigenvalue weighted by molar-refractivity contribution is 0.364. The normalized spacial score (nSPS) is 21.2. The number of aromatic amines is 1. The maximum absolute atomic E-state index is 12.3. The molecule has 27 heavy (non-hydrogen) atoms. The molecule has 1 saturated carbocycles. The number of imidazole rings is 1. The van der Waals surface area contributed by atoms with Crippen LogP contribution in [0.5, 0.6) is 5.75 Å². The summed E-state index contributed by atoms with van der Waals surface area (Å²) in [6, 6.07) is 7.90. The largest absolute Gasteiger partial charge is 0.497 e. The minimum absolute atomic E-state index is 0.0123. The highest BCUT2D eigenvalue weighted by Gasteiger charge is 2.33. The van der Waals surface area contributed by atoms with E-state index in [9.17, 15) is 8.42 Å². The number of ether oxygens (including phenoxy) is 1. The van der Waals surface area contributed by atoms with Crippen molar-refractivity contribution < 1.29 is 13.2 Å². The van der Waals surface area contributed by atoms with E-state index in [1.807, 2.05) is 30.5 Å². The summed E-state index contributed by atoms with van der Waals surface area (Å²) < 4.78 is 32.1. The highest BCUT2D eigenvalue weighted by molar-refractivity contribution is 7.90. The van der Waals surface area contributed by atoms with Gasteiger partial charge < -0.3 is 9.72 Å². The van der Waals surface area contributed by atoms with E-state index in [4.69, 9.17) is 4.74 Å². The number of nitrogens with zero attached hydrogens (tertiary/aromatic N) is 1. The van der Waals surface area contributed by atoms with Gasteiger partial charge in [-0.2, -0.15) is 0 Å². The number of hydrogen-bond donors (Lipinski definition) is 2. The van der Waals surface area contributed by atoms with Crippen LogP contribution in [0.15, 0.2) is 30.5 Å². The molecule has 1 aromatic heterocycles. The molecule has 0 amide bonds. The summed E-state index contributed by atoms with van der Waals surface area (Å²) in [4.78, 5) is 8.01. The van der Waals surface area contributed by atoms with Gasteiger partial charge in [-0.05, 0) is 58.6 Å². The molecule has 0 saturated heterocycles. The maximum atomic E-state index is 12.3. The SMILES string of the molecule is COc1cccc(-c2cnc(C3CCC(NS(=O)(=O)C(C)(C)C)CC3)[nH]2)c1. The Morgan fingerprint density at radius 1 is 1.19 bits per heavy atom. The fourth-order valence-electron chi connectivity index (χ4n) is 3.36. The predicted octanol–water partition coefficient (Wildman–Crippen LogP) is 3.83. The molecule has 0 radical (unpaired) electrons. The minimum Gasteiger partial charge on any atom is -0.497 e. The van der Waals surface area contributed by atoms with Gasteiger partial charge in [0.1, 0.15) is 11.6 Å². The molecule has 1 heterocycles. The van der Waals surface area contributed by atoms with Crippen LogP contribution < -0.4 is 9.46 Å². The maximum Gasteiger partial charge on any atom is 0.216 e. The first-order valence-corrected chi connectivity index (χ1v) is 10.9. The number of hydrogen-bond acceptors (Lipinski definition) is 4. The van der Waals surface area contributed by atoms with Gasteiger partial charge in [0.25, 0.3) is 0 Å². The van der Waals surface area contributed by atoms with Crippen LogP contribution in [0.25, 0.3) is 11.3 Å². The Kier molecular flexibility index (Phi) is 5.63. The quantitative estimate of drug-likeness (QED) is 0.811. The van der Waals surface area contributed by atoms with Gasteiger partial charge in [0.05, 0.1) is 23.7 Å². The summed E-state index contributed by atoms with van der Waals surface area (Å²) in [6.07, 6.45) is 5.35. The number of nitrogens with one attached hydrogen (secondary N) is 2. The summed E-state index contributed by atoms with van der Waals surface area (Å²) in [5.74, 6) is 2.12. The van der Waals surface area contributed by atoms with Gasteiger partial charge in [-0.1, -0.05) is 12.1 Å². The van der Waals surface area contributed by atoms with Crippen molar-refractivity contribution in [3.8, 4) is 17.0 Å². The van der Waals surface area contributed by atoms with E-state index in [-0.39, 0.29) is 6.04 Å². The first-order chi connectivity index (χ1) is 12.7. The predicted molar refractivity (Wildman–Crippen MR) is 107 cm³/mol. The second kappa shape index (κ2) is 7.64. The summed E-state index contributed by atoms with van der Waals surface area (Å²) in [7, 11) is -1.65. The summed E-state index contributed by atoms with van der Waals surface area (Å²) in [6.45, 7) is 5.18. The van der Waals surface area contributed by atoms with Gasteiger partial charge in [0.15, 0.2) is 0 Å². The third kappa shape index (κ3) is 4.52. The number of aromatic nitrogens is 2. The lowest BCUT2D eigenvalue weighted by Gasteiger charge is -2.30. The van der Waals surface area contributed by atoms with Gasteiger partial charge in [0.2, 0.25) is 10.0 Å². The van der Waals surface area contributed by atoms with Gasteiger partial charge in [-0.3, -0.25) is 0 Å². The van der Waals surface area contributed by atoms with E-state index >= 15 is 0 Å². The van der Waals surface area contributed by atoms with Crippen molar-refractivity contribution in [3.63, 3.8) is 0 Å². The number of sulfonamides is 1. The molecular formula is C20H29N3O3S. The van der Waals surface area contributed by atoms with Crippen molar-refractivity contribution in [3.05, 3.63) is 36.3 Å². The van der Waals surface area contributed by atoms with Crippen molar-refractivity contribution in [2.24, 2.45) is 0 Å². The second-order valence-electron chi connectivity index (χ2n) is 8.20. The van der Waals surface area contributed by atoms with Crippen LogP contribution in [0, 0.1) is 0 Å². The molecule has 1 fully saturated rings. The van der Waals surface area contributed by atoms with Gasteiger partial charge >= 0.3 is 0 Å². The molecule has 7 heteroatoms. The fourth-order valence-corrected chi connectivity index (χ4v) is 4.39. The molecule has 148 valence electrons. The smallest absolute Gasteiger partial charge is 0.216 e. The lowest BCUT2D eigenvalue weighted by Crippen LogP contribution is -2.45. The monoisotopic (exact) mass is 391 g/mol. The van der Waals surface area contributed by atoms with Gasteiger partial charge in [-0.15, -0.1) is 0 Å². The third-order valence-corrected chi connectivity index (χ3v) is 7.47. The molecule has 3 rings (SSSR count). The van der Waals surface area contributed by atoms with E-state index in [1.54, 1.807) is 27.9 Å². The Labute approximate surface area is 161 Å². The fraction of sp³-hybridized carbons (Fsp3) is 0.550. The Balaban J connectivity index is 1.63. The average Bonchev–Trinajstić information content (AvgIpc) is 3.11. The van der Waals surface area contributed by atoms with Gasteiger partial charge in [0, 0.05) is 17.5 Å². The Bertz CT molecular complexity index is 876. The average molecular weight is 392 g/mol. The van der Waals surface area contributed by atoms with E-state index in [0.717, 1.165) is 48.5 Å². The number of methoxy groups -OCH3 is 1. The molecule has 0 aliphatic heterocycles. The zero-order valence-corrected chi connectivity index (χ0v) is 17.3. The van der Waals surface area contributed by atoms with Crippen molar-refractivity contribution >= 4 is 10.0 Å². The van der Waals surface area contributed by atoms with E-state index in [2.05, 4.69) is 14.7 Å². The van der Waals surface area contributed by atoms with Crippen LogP contribution in [-0.2, 0) is 10.0 Å². The van der Waals surface area contributed by atoms with Crippen molar-refractivity contribution in [2.45, 2.75) is 63.2 Å². The molecule has 2 aromatic rings. The first-order valence-electron chi connectivity index (χ1n) is 9.41. The van der Waals surface area contributed by atoms with Crippen LogP contribution in [-0.4, -0.2) is 36.3 Å². The standard InChI is InChI=1S/C20H29N3O3S/c1-20(2,3)27(24,25)23-16-10-8-14(9-11-16)19-21-13-18(22-19)15-6-5-7-17(12-15)26-4/h5-7,12-14,16,23H,8-11H2,1-4H3,(H,21,22). The zero-order chi connectivity index (χ0) is 19.7. The first kappa shape index (κ1) is 19.9. The topological polar surface area (TPSA) is 84.1 Å². The van der Waals surface area contributed by atoms with Crippen molar-refractivity contribution in [2.75, 3.05) is 7.11 Å². The van der Waals surface area contributed by atoms with Crippen LogP contribution in [0.3, 0.4) is 0 Å². The zero-order valence-electron chi connectivity index (χ0n) is 16.5. The highest BCUT2D eigenvalue weighted by atomic mass is 32.2. The van der Waals surface area contributed by atoms with Crippen molar-refractivity contribution in [1.29, 1.82) is 0 Å². The second-order valence-corrected chi connectivity index (χ2v) is 10.7. The van der Waals surface area contributed by atoms with Crippen LogP contribution >= 0.6 is 0 Å². The number of H-pyrrole nitrogens is 1. The Morgan fingerprint density at radius 2 is 1.89 bits per heavy atom. The molecule has 0 bridgehead atoms. The van der Waals surface area contributed by atoms with Crippen LogP contribution in [0.2, 0.25) is 0 Å². The van der Waals surface area contributed by atoms with Crippen LogP contribution in [0.4, 0.5) is 0 Å². The van der Waals surface area contributed by atoms with Crippen LogP contribution in [0.1, 0.15) is 58.2 Å². The molecule has 6 nitrogen and oxygen atoms in total. The molecule has 0 atom stereocenters. The third-order valence-electron chi connectivity index (χ3n) is 5.22. The number of benzene rings is 1. The van der Waals surface area contributed by atoms with Gasteiger partial charge in [-0.25, -0.2) is 18.1 Å². The summed E-state index contributed by atoms with van der Waals surface area (Å²) >= 11 is 0. The van der Waals surface area contributed by atoms with E-state index in [1.165, 1.54) is 0 Å².